The Morgan fingerprint density at radius 2 is 1.91 bits per heavy atom. The number of hydrogen-bond acceptors (Lipinski definition) is 5. The van der Waals surface area contributed by atoms with Gasteiger partial charge < -0.3 is 24.2 Å². The summed E-state index contributed by atoms with van der Waals surface area (Å²) in [6.07, 6.45) is 5.29. The van der Waals surface area contributed by atoms with E-state index in [1.807, 2.05) is 20.8 Å². The van der Waals surface area contributed by atoms with Gasteiger partial charge in [0.05, 0.1) is 13.2 Å². The highest BCUT2D eigenvalue weighted by atomic mass is 16.7. The zero-order valence-electron chi connectivity index (χ0n) is 14.2. The van der Waals surface area contributed by atoms with Gasteiger partial charge in [-0.1, -0.05) is 0 Å². The highest BCUT2D eigenvalue weighted by Gasteiger charge is 2.23. The van der Waals surface area contributed by atoms with E-state index in [4.69, 9.17) is 19.3 Å². The van der Waals surface area contributed by atoms with Gasteiger partial charge in [-0.2, -0.15) is 0 Å². The van der Waals surface area contributed by atoms with Crippen molar-refractivity contribution < 1.29 is 24.1 Å². The molecule has 2 saturated heterocycles. The van der Waals surface area contributed by atoms with Crippen LogP contribution in [0.25, 0.3) is 0 Å². The molecular formula is C16H31NO5. The second-order valence-electron chi connectivity index (χ2n) is 6.57. The molecule has 0 spiro atoms. The van der Waals surface area contributed by atoms with Gasteiger partial charge in [0.25, 0.3) is 0 Å². The zero-order chi connectivity index (χ0) is 16.4. The highest BCUT2D eigenvalue weighted by molar-refractivity contribution is 5.68. The molecule has 1 N–H and O–H groups in total. The largest absolute Gasteiger partial charge is 0.444 e. The van der Waals surface area contributed by atoms with Crippen LogP contribution in [0.1, 0.15) is 52.9 Å². The minimum atomic E-state index is -0.361. The molecule has 130 valence electrons. The number of carbonyl (C=O) groups excluding carboxylic acids is 1. The van der Waals surface area contributed by atoms with Crippen molar-refractivity contribution in [3.8, 4) is 0 Å². The molecule has 22 heavy (non-hydrogen) atoms. The molecule has 0 aromatic carbocycles. The lowest BCUT2D eigenvalue weighted by Gasteiger charge is -2.23. The fourth-order valence-electron chi connectivity index (χ4n) is 2.25. The number of carbonyl (C=O) groups is 1. The Kier molecular flexibility index (Phi) is 8.75. The van der Waals surface area contributed by atoms with E-state index < -0.39 is 0 Å². The molecule has 6 nitrogen and oxygen atoms in total. The lowest BCUT2D eigenvalue weighted by Crippen LogP contribution is -2.34. The van der Waals surface area contributed by atoms with Gasteiger partial charge in [0.15, 0.2) is 6.29 Å². The van der Waals surface area contributed by atoms with Crippen LogP contribution in [0.2, 0.25) is 0 Å². The van der Waals surface area contributed by atoms with Crippen LogP contribution in [0.15, 0.2) is 0 Å². The monoisotopic (exact) mass is 317 g/mol. The van der Waals surface area contributed by atoms with Gasteiger partial charge in [-0.3, -0.25) is 0 Å². The van der Waals surface area contributed by atoms with E-state index in [2.05, 4.69) is 0 Å². The minimum Gasteiger partial charge on any atom is -0.444 e. The molecule has 0 saturated carbocycles. The number of aliphatic hydroxyl groups is 1. The van der Waals surface area contributed by atoms with Crippen LogP contribution >= 0.6 is 0 Å². The summed E-state index contributed by atoms with van der Waals surface area (Å²) in [5.74, 6) is 0. The van der Waals surface area contributed by atoms with Gasteiger partial charge >= 0.3 is 6.09 Å². The summed E-state index contributed by atoms with van der Waals surface area (Å²) in [7, 11) is 0. The van der Waals surface area contributed by atoms with Crippen molar-refractivity contribution >= 4 is 6.09 Å². The highest BCUT2D eigenvalue weighted by Crippen LogP contribution is 2.14. The molecule has 1 unspecified atom stereocenters. The number of amides is 1. The number of aliphatic hydroxyl groups excluding tert-OH is 1. The van der Waals surface area contributed by atoms with E-state index in [-0.39, 0.29) is 24.6 Å². The van der Waals surface area contributed by atoms with Gasteiger partial charge in [0, 0.05) is 19.7 Å². The fraction of sp³-hybridized carbons (Fsp3) is 0.938. The summed E-state index contributed by atoms with van der Waals surface area (Å²) in [4.78, 5) is 13.1. The molecule has 0 aromatic rings. The first-order valence-corrected chi connectivity index (χ1v) is 8.24. The lowest BCUT2D eigenvalue weighted by atomic mass is 10.2. The summed E-state index contributed by atoms with van der Waals surface area (Å²) >= 11 is 0. The molecule has 2 fully saturated rings. The molecule has 0 aliphatic carbocycles. The van der Waals surface area contributed by atoms with Crippen molar-refractivity contribution in [2.45, 2.75) is 64.8 Å². The smallest absolute Gasteiger partial charge is 0.410 e. The minimum absolute atomic E-state index is 0.0547. The average molecular weight is 317 g/mol. The topological polar surface area (TPSA) is 68.2 Å². The lowest BCUT2D eigenvalue weighted by molar-refractivity contribution is -0.166. The second-order valence-corrected chi connectivity index (χ2v) is 6.57. The van der Waals surface area contributed by atoms with Crippen molar-refractivity contribution in [3.63, 3.8) is 0 Å². The van der Waals surface area contributed by atoms with Crippen molar-refractivity contribution in [2.75, 3.05) is 32.9 Å². The Morgan fingerprint density at radius 3 is 2.41 bits per heavy atom. The predicted molar refractivity (Wildman–Crippen MR) is 83.7 cm³/mol. The van der Waals surface area contributed by atoms with Gasteiger partial charge in [-0.15, -0.1) is 0 Å². The maximum atomic E-state index is 11.4. The van der Waals surface area contributed by atoms with Gasteiger partial charge in [0.2, 0.25) is 0 Å². The maximum Gasteiger partial charge on any atom is 0.410 e. The number of rotatable bonds is 3. The van der Waals surface area contributed by atoms with Crippen LogP contribution in [0.4, 0.5) is 4.79 Å². The van der Waals surface area contributed by atoms with Crippen molar-refractivity contribution in [2.24, 2.45) is 0 Å². The van der Waals surface area contributed by atoms with E-state index in [1.165, 1.54) is 6.42 Å². The molecule has 2 aliphatic rings. The maximum absolute atomic E-state index is 11.4. The van der Waals surface area contributed by atoms with E-state index in [0.29, 0.717) is 6.61 Å². The summed E-state index contributed by atoms with van der Waals surface area (Å²) < 4.78 is 15.6. The van der Waals surface area contributed by atoms with E-state index in [0.717, 1.165) is 45.4 Å². The summed E-state index contributed by atoms with van der Waals surface area (Å²) in [5, 5.41) is 8.42. The Labute approximate surface area is 133 Å². The third-order valence-corrected chi connectivity index (χ3v) is 3.29. The molecule has 2 heterocycles. The third kappa shape index (κ3) is 8.56. The van der Waals surface area contributed by atoms with Gasteiger partial charge in [-0.25, -0.2) is 4.79 Å². The molecule has 1 atom stereocenters. The summed E-state index contributed by atoms with van der Waals surface area (Å²) in [6.45, 7) is 8.66. The molecular weight excluding hydrogens is 286 g/mol. The standard InChI is InChI=1S/C9H17NO2.C7H14O3/c1-9(2,3)12-8(11)10-6-4-5-7-10;8-4-6-10-7-3-1-2-5-9-7/h4-7H2,1-3H3;7-8H,1-6H2. The van der Waals surface area contributed by atoms with E-state index >= 15 is 0 Å². The first-order chi connectivity index (χ1) is 10.4. The summed E-state index contributed by atoms with van der Waals surface area (Å²) in [6, 6.07) is 0. The van der Waals surface area contributed by atoms with E-state index in [9.17, 15) is 4.79 Å². The predicted octanol–water partition coefficient (Wildman–Crippen LogP) is 2.54. The van der Waals surface area contributed by atoms with Crippen LogP contribution in [-0.4, -0.2) is 60.9 Å². The van der Waals surface area contributed by atoms with Crippen molar-refractivity contribution in [1.82, 2.24) is 4.90 Å². The normalized spacial score (nSPS) is 22.0. The Hall–Kier alpha value is -0.850. The SMILES string of the molecule is CC(C)(C)OC(=O)N1CCCC1.OCCOC1CCCCO1. The van der Waals surface area contributed by atoms with Crippen molar-refractivity contribution in [1.29, 1.82) is 0 Å². The van der Waals surface area contributed by atoms with Crippen LogP contribution in [0.5, 0.6) is 0 Å². The first kappa shape index (κ1) is 19.2. The average Bonchev–Trinajstić information content (AvgIpc) is 2.99. The molecule has 0 aromatic heterocycles. The number of hydrogen-bond donors (Lipinski definition) is 1. The van der Waals surface area contributed by atoms with Gasteiger partial charge in [-0.05, 0) is 52.9 Å². The van der Waals surface area contributed by atoms with Gasteiger partial charge in [0.1, 0.15) is 5.60 Å². The van der Waals surface area contributed by atoms with Crippen LogP contribution in [-0.2, 0) is 14.2 Å². The molecule has 6 heteroatoms. The molecule has 0 radical (unpaired) electrons. The molecule has 2 rings (SSSR count). The molecule has 0 bridgehead atoms. The Morgan fingerprint density at radius 1 is 1.23 bits per heavy atom. The number of ether oxygens (including phenoxy) is 3. The summed E-state index contributed by atoms with van der Waals surface area (Å²) in [5.41, 5.74) is -0.361. The number of nitrogens with zero attached hydrogens (tertiary/aromatic N) is 1. The first-order valence-electron chi connectivity index (χ1n) is 8.24. The number of likely N-dealkylation sites (tertiary alicyclic amines) is 1. The van der Waals surface area contributed by atoms with E-state index in [1.54, 1.807) is 4.90 Å². The molecule has 1 amide bonds. The van der Waals surface area contributed by atoms with Crippen LogP contribution in [0.3, 0.4) is 0 Å². The quantitative estimate of drug-likeness (QED) is 0.866. The van der Waals surface area contributed by atoms with Crippen LogP contribution in [0, 0.1) is 0 Å². The third-order valence-electron chi connectivity index (χ3n) is 3.29. The Bertz CT molecular complexity index is 304. The molecule has 2 aliphatic heterocycles. The fourth-order valence-corrected chi connectivity index (χ4v) is 2.25. The van der Waals surface area contributed by atoms with Crippen LogP contribution < -0.4 is 0 Å². The Balaban J connectivity index is 0.000000224. The van der Waals surface area contributed by atoms with Crippen molar-refractivity contribution in [3.05, 3.63) is 0 Å². The second kappa shape index (κ2) is 10.0. The zero-order valence-corrected chi connectivity index (χ0v) is 14.2.